The molecule has 0 aliphatic carbocycles. The molecule has 2 aliphatic rings. The number of nitrogens with zero attached hydrogens (tertiary/aromatic N) is 1. The maximum absolute atomic E-state index is 12.3. The summed E-state index contributed by atoms with van der Waals surface area (Å²) in [5.41, 5.74) is 0. The van der Waals surface area contributed by atoms with Gasteiger partial charge in [0.1, 0.15) is 0 Å². The van der Waals surface area contributed by atoms with Crippen LogP contribution in [0, 0.1) is 0 Å². The average Bonchev–Trinajstić information content (AvgIpc) is 2.28. The molecule has 3 nitrogen and oxygen atoms in total. The monoisotopic (exact) mass is 242 g/mol. The van der Waals surface area contributed by atoms with Crippen LogP contribution in [0.2, 0.25) is 0 Å². The Morgan fingerprint density at radius 2 is 1.94 bits per heavy atom. The zero-order chi connectivity index (χ0) is 11.5. The first-order valence-corrected chi connectivity index (χ1v) is 7.38. The zero-order valence-corrected chi connectivity index (χ0v) is 11.1. The molecule has 2 rings (SSSR count). The summed E-state index contributed by atoms with van der Waals surface area (Å²) in [4.78, 5) is 14.4. The number of rotatable bonds is 1. The summed E-state index contributed by atoms with van der Waals surface area (Å²) in [5, 5.41) is 3.71. The van der Waals surface area contributed by atoms with E-state index in [0.717, 1.165) is 25.3 Å². The van der Waals surface area contributed by atoms with Crippen molar-refractivity contribution in [2.75, 3.05) is 18.8 Å². The summed E-state index contributed by atoms with van der Waals surface area (Å²) < 4.78 is 0. The lowest BCUT2D eigenvalue weighted by atomic mass is 10.1. The number of piperazine rings is 1. The smallest absolute Gasteiger partial charge is 0.235 e. The molecule has 4 heteroatoms. The van der Waals surface area contributed by atoms with Gasteiger partial charge in [-0.05, 0) is 32.4 Å². The molecule has 1 N–H and O–H groups in total. The Labute approximate surface area is 102 Å². The van der Waals surface area contributed by atoms with Crippen molar-refractivity contribution in [2.45, 2.75) is 50.4 Å². The maximum atomic E-state index is 12.3. The van der Waals surface area contributed by atoms with E-state index >= 15 is 0 Å². The Kier molecular flexibility index (Phi) is 4.14. The Hall–Kier alpha value is -0.220. The Bertz CT molecular complexity index is 243. The molecular formula is C12H22N2OS. The molecule has 2 saturated heterocycles. The molecule has 0 aromatic carbocycles. The molecule has 0 saturated carbocycles. The summed E-state index contributed by atoms with van der Waals surface area (Å²) in [6.45, 7) is 6.06. The second kappa shape index (κ2) is 5.41. The van der Waals surface area contributed by atoms with Crippen molar-refractivity contribution >= 4 is 17.7 Å². The zero-order valence-electron chi connectivity index (χ0n) is 10.2. The van der Waals surface area contributed by atoms with Crippen LogP contribution in [0.4, 0.5) is 0 Å². The number of nitrogens with one attached hydrogen (secondary N) is 1. The van der Waals surface area contributed by atoms with Crippen molar-refractivity contribution < 1.29 is 4.79 Å². The van der Waals surface area contributed by atoms with Gasteiger partial charge in [-0.1, -0.05) is 6.42 Å². The predicted octanol–water partition coefficient (Wildman–Crippen LogP) is 1.48. The normalized spacial score (nSPS) is 36.1. The van der Waals surface area contributed by atoms with Gasteiger partial charge in [0.15, 0.2) is 0 Å². The van der Waals surface area contributed by atoms with Crippen molar-refractivity contribution in [3.05, 3.63) is 0 Å². The van der Waals surface area contributed by atoms with Gasteiger partial charge in [-0.15, -0.1) is 11.8 Å². The maximum Gasteiger partial charge on any atom is 0.235 e. The van der Waals surface area contributed by atoms with Gasteiger partial charge in [-0.3, -0.25) is 4.79 Å². The largest absolute Gasteiger partial charge is 0.339 e. The van der Waals surface area contributed by atoms with Crippen molar-refractivity contribution in [2.24, 2.45) is 0 Å². The molecule has 2 heterocycles. The molecule has 16 heavy (non-hydrogen) atoms. The van der Waals surface area contributed by atoms with Gasteiger partial charge in [0.05, 0.1) is 5.25 Å². The second-order valence-corrected chi connectivity index (χ2v) is 6.38. The minimum Gasteiger partial charge on any atom is -0.339 e. The highest BCUT2D eigenvalue weighted by Gasteiger charge is 2.30. The molecule has 1 amide bonds. The molecule has 2 aliphatic heterocycles. The van der Waals surface area contributed by atoms with Crippen molar-refractivity contribution in [1.82, 2.24) is 10.2 Å². The number of carbonyl (C=O) groups excluding carboxylic acids is 1. The molecule has 92 valence electrons. The highest BCUT2D eigenvalue weighted by Crippen LogP contribution is 2.27. The minimum absolute atomic E-state index is 0.242. The summed E-state index contributed by atoms with van der Waals surface area (Å²) in [6.07, 6.45) is 3.58. The number of amides is 1. The molecule has 0 radical (unpaired) electrons. The van der Waals surface area contributed by atoms with Crippen LogP contribution in [-0.2, 0) is 4.79 Å². The van der Waals surface area contributed by atoms with Gasteiger partial charge in [0, 0.05) is 25.2 Å². The van der Waals surface area contributed by atoms with Gasteiger partial charge in [-0.25, -0.2) is 0 Å². The van der Waals surface area contributed by atoms with Gasteiger partial charge in [0.25, 0.3) is 0 Å². The lowest BCUT2D eigenvalue weighted by Gasteiger charge is -2.38. The van der Waals surface area contributed by atoms with Gasteiger partial charge in [0.2, 0.25) is 5.91 Å². The third-order valence-corrected chi connectivity index (χ3v) is 4.69. The Morgan fingerprint density at radius 3 is 2.50 bits per heavy atom. The predicted molar refractivity (Wildman–Crippen MR) is 68.7 cm³/mol. The molecule has 0 bridgehead atoms. The topological polar surface area (TPSA) is 32.3 Å². The van der Waals surface area contributed by atoms with Crippen LogP contribution >= 0.6 is 11.8 Å². The van der Waals surface area contributed by atoms with Crippen molar-refractivity contribution in [3.63, 3.8) is 0 Å². The van der Waals surface area contributed by atoms with E-state index < -0.39 is 0 Å². The third-order valence-electron chi connectivity index (χ3n) is 3.32. The highest BCUT2D eigenvalue weighted by atomic mass is 32.2. The van der Waals surface area contributed by atoms with Crippen LogP contribution in [0.5, 0.6) is 0 Å². The third kappa shape index (κ3) is 2.92. The van der Waals surface area contributed by atoms with Crippen molar-refractivity contribution in [3.8, 4) is 0 Å². The standard InChI is InChI=1S/C12H22N2OS/c1-9-7-14(8-10(2)13-9)12(15)11-5-3-4-6-16-11/h9-11,13H,3-8H2,1-2H3. The van der Waals surface area contributed by atoms with E-state index in [1.54, 1.807) is 0 Å². The van der Waals surface area contributed by atoms with Crippen LogP contribution < -0.4 is 5.32 Å². The molecule has 0 spiro atoms. The number of hydrogen-bond donors (Lipinski definition) is 1. The van der Waals surface area contributed by atoms with E-state index in [2.05, 4.69) is 24.1 Å². The van der Waals surface area contributed by atoms with Crippen LogP contribution in [-0.4, -0.2) is 47.0 Å². The lowest BCUT2D eigenvalue weighted by molar-refractivity contribution is -0.132. The molecular weight excluding hydrogens is 220 g/mol. The van der Waals surface area contributed by atoms with Gasteiger partial charge >= 0.3 is 0 Å². The minimum atomic E-state index is 0.242. The van der Waals surface area contributed by atoms with E-state index in [0.29, 0.717) is 18.0 Å². The van der Waals surface area contributed by atoms with E-state index in [1.807, 2.05) is 11.8 Å². The first kappa shape index (κ1) is 12.2. The SMILES string of the molecule is CC1CN(C(=O)C2CCCCS2)CC(C)N1. The fraction of sp³-hybridized carbons (Fsp3) is 0.917. The first-order valence-electron chi connectivity index (χ1n) is 6.33. The van der Waals surface area contributed by atoms with Gasteiger partial charge in [-0.2, -0.15) is 0 Å². The molecule has 3 atom stereocenters. The van der Waals surface area contributed by atoms with Crippen LogP contribution in [0.15, 0.2) is 0 Å². The average molecular weight is 242 g/mol. The van der Waals surface area contributed by atoms with E-state index in [1.165, 1.54) is 12.8 Å². The number of carbonyl (C=O) groups is 1. The van der Waals surface area contributed by atoms with E-state index in [9.17, 15) is 4.79 Å². The summed E-state index contributed by atoms with van der Waals surface area (Å²) >= 11 is 1.86. The van der Waals surface area contributed by atoms with Crippen LogP contribution in [0.25, 0.3) is 0 Å². The summed E-state index contributed by atoms with van der Waals surface area (Å²) in [7, 11) is 0. The Balaban J connectivity index is 1.92. The van der Waals surface area contributed by atoms with Gasteiger partial charge < -0.3 is 10.2 Å². The summed E-state index contributed by atoms with van der Waals surface area (Å²) in [6, 6.07) is 0.864. The molecule has 0 aromatic rings. The fourth-order valence-corrected chi connectivity index (χ4v) is 3.93. The first-order chi connectivity index (χ1) is 7.66. The van der Waals surface area contributed by atoms with Crippen molar-refractivity contribution in [1.29, 1.82) is 0 Å². The molecule has 0 aromatic heterocycles. The number of hydrogen-bond acceptors (Lipinski definition) is 3. The quantitative estimate of drug-likeness (QED) is 0.756. The summed E-state index contributed by atoms with van der Waals surface area (Å²) in [5.74, 6) is 1.54. The molecule has 3 unspecified atom stereocenters. The lowest BCUT2D eigenvalue weighted by Crippen LogP contribution is -2.57. The van der Waals surface area contributed by atoms with Crippen LogP contribution in [0.3, 0.4) is 0 Å². The second-order valence-electron chi connectivity index (χ2n) is 5.07. The van der Waals surface area contributed by atoms with E-state index in [4.69, 9.17) is 0 Å². The number of thioether (sulfide) groups is 1. The van der Waals surface area contributed by atoms with Crippen LogP contribution in [0.1, 0.15) is 33.1 Å². The molecule has 2 fully saturated rings. The fourth-order valence-electron chi connectivity index (χ4n) is 2.65. The highest BCUT2D eigenvalue weighted by molar-refractivity contribution is 8.00. The Morgan fingerprint density at radius 1 is 1.25 bits per heavy atom. The van der Waals surface area contributed by atoms with E-state index in [-0.39, 0.29) is 5.25 Å².